The summed E-state index contributed by atoms with van der Waals surface area (Å²) in [6.45, 7) is 0. The van der Waals surface area contributed by atoms with Crippen LogP contribution in [0.2, 0.25) is 0 Å². The molecule has 0 aliphatic heterocycles. The van der Waals surface area contributed by atoms with Crippen molar-refractivity contribution in [2.75, 3.05) is 21.3 Å². The lowest BCUT2D eigenvalue weighted by atomic mass is 10.0. The molecule has 2 rings (SSSR count). The van der Waals surface area contributed by atoms with E-state index >= 15 is 0 Å². The molecule has 6 nitrogen and oxygen atoms in total. The van der Waals surface area contributed by atoms with Gasteiger partial charge in [-0.15, -0.1) is 0 Å². The van der Waals surface area contributed by atoms with Gasteiger partial charge in [0.15, 0.2) is 11.5 Å². The molecule has 0 saturated carbocycles. The maximum Gasteiger partial charge on any atom is 0.307 e. The molecule has 26 heavy (non-hydrogen) atoms. The third-order valence-electron chi connectivity index (χ3n) is 3.70. The van der Waals surface area contributed by atoms with Crippen LogP contribution in [0.25, 0.3) is 6.08 Å². The van der Waals surface area contributed by atoms with E-state index in [1.54, 1.807) is 42.7 Å². The molecule has 7 heteroatoms. The number of thiophene rings is 1. The van der Waals surface area contributed by atoms with Crippen LogP contribution < -0.4 is 14.8 Å². The van der Waals surface area contributed by atoms with Crippen LogP contribution in [0.1, 0.15) is 23.6 Å². The summed E-state index contributed by atoms with van der Waals surface area (Å²) in [6.07, 6.45) is 3.16. The fraction of sp³-hybridized carbons (Fsp3) is 0.263. The minimum Gasteiger partial charge on any atom is -0.493 e. The van der Waals surface area contributed by atoms with Gasteiger partial charge in [0.2, 0.25) is 5.91 Å². The Hall–Kier alpha value is -2.80. The van der Waals surface area contributed by atoms with Crippen LogP contribution >= 0.6 is 11.3 Å². The molecule has 0 spiro atoms. The number of carbonyl (C=O) groups excluding carboxylic acids is 2. The van der Waals surface area contributed by atoms with E-state index in [0.717, 1.165) is 5.56 Å². The van der Waals surface area contributed by atoms with Crippen LogP contribution in [0, 0.1) is 0 Å². The maximum absolute atomic E-state index is 12.3. The van der Waals surface area contributed by atoms with Crippen molar-refractivity contribution in [1.82, 2.24) is 5.32 Å². The molecule has 0 radical (unpaired) electrons. The first-order valence-corrected chi connectivity index (χ1v) is 8.81. The number of methoxy groups -OCH3 is 3. The number of amides is 1. The van der Waals surface area contributed by atoms with Crippen molar-refractivity contribution in [1.29, 1.82) is 0 Å². The minimum absolute atomic E-state index is 0.00398. The molecule has 1 heterocycles. The van der Waals surface area contributed by atoms with E-state index in [-0.39, 0.29) is 12.3 Å². The van der Waals surface area contributed by atoms with E-state index in [9.17, 15) is 9.59 Å². The van der Waals surface area contributed by atoms with E-state index in [0.29, 0.717) is 17.1 Å². The van der Waals surface area contributed by atoms with Crippen LogP contribution in [0.3, 0.4) is 0 Å². The number of carbonyl (C=O) groups is 2. The largest absolute Gasteiger partial charge is 0.493 e. The van der Waals surface area contributed by atoms with Gasteiger partial charge in [0.05, 0.1) is 33.8 Å². The molecule has 0 aliphatic carbocycles. The third kappa shape index (κ3) is 5.35. The Bertz CT molecular complexity index is 770. The average Bonchev–Trinajstić information content (AvgIpc) is 3.18. The second-order valence-corrected chi connectivity index (χ2v) is 6.13. The first-order valence-electron chi connectivity index (χ1n) is 7.87. The lowest BCUT2D eigenvalue weighted by molar-refractivity contribution is -0.141. The Balaban J connectivity index is 2.20. The number of benzene rings is 1. The smallest absolute Gasteiger partial charge is 0.307 e. The summed E-state index contributed by atoms with van der Waals surface area (Å²) in [6, 6.07) is 6.59. The van der Waals surface area contributed by atoms with Crippen molar-refractivity contribution in [3.05, 3.63) is 52.2 Å². The molecule has 138 valence electrons. The van der Waals surface area contributed by atoms with Gasteiger partial charge < -0.3 is 19.5 Å². The summed E-state index contributed by atoms with van der Waals surface area (Å²) in [7, 11) is 4.38. The lowest BCUT2D eigenvalue weighted by Gasteiger charge is -2.19. The standard InChI is InChI=1S/C19H21NO5S/c1-23-16-6-5-14(10-17(16)24-2)15(11-19(22)25-3)20-18(21)7-4-13-8-9-26-12-13/h4-10,12,15H,11H2,1-3H3,(H,20,21)/b7-4+/t15-/m0/s1. The molecule has 0 fully saturated rings. The van der Waals surface area contributed by atoms with Crippen LogP contribution in [-0.2, 0) is 14.3 Å². The van der Waals surface area contributed by atoms with Gasteiger partial charge in [-0.25, -0.2) is 0 Å². The highest BCUT2D eigenvalue weighted by atomic mass is 32.1. The summed E-state index contributed by atoms with van der Waals surface area (Å²) in [5.41, 5.74) is 1.66. The zero-order valence-electron chi connectivity index (χ0n) is 14.9. The van der Waals surface area contributed by atoms with Gasteiger partial charge in [-0.3, -0.25) is 9.59 Å². The van der Waals surface area contributed by atoms with Gasteiger partial charge in [-0.2, -0.15) is 11.3 Å². The lowest BCUT2D eigenvalue weighted by Crippen LogP contribution is -2.29. The Morgan fingerprint density at radius 1 is 1.15 bits per heavy atom. The first-order chi connectivity index (χ1) is 12.6. The van der Waals surface area contributed by atoms with Crippen LogP contribution in [0.15, 0.2) is 41.1 Å². The second-order valence-electron chi connectivity index (χ2n) is 5.35. The van der Waals surface area contributed by atoms with Gasteiger partial charge in [-0.05, 0) is 46.2 Å². The van der Waals surface area contributed by atoms with Crippen LogP contribution in [-0.4, -0.2) is 33.2 Å². The van der Waals surface area contributed by atoms with Crippen molar-refractivity contribution in [2.24, 2.45) is 0 Å². The molecule has 1 N–H and O–H groups in total. The van der Waals surface area contributed by atoms with E-state index in [1.165, 1.54) is 20.3 Å². The molecule has 1 atom stereocenters. The molecular formula is C19H21NO5S. The number of rotatable bonds is 8. The van der Waals surface area contributed by atoms with Gasteiger partial charge >= 0.3 is 5.97 Å². The monoisotopic (exact) mass is 375 g/mol. The molecule has 2 aromatic rings. The number of nitrogens with one attached hydrogen (secondary N) is 1. The number of esters is 1. The van der Waals surface area contributed by atoms with Crippen LogP contribution in [0.4, 0.5) is 0 Å². The molecule has 1 aromatic carbocycles. The molecule has 0 saturated heterocycles. The summed E-state index contributed by atoms with van der Waals surface area (Å²) < 4.78 is 15.3. The fourth-order valence-corrected chi connectivity index (χ4v) is 2.96. The highest BCUT2D eigenvalue weighted by molar-refractivity contribution is 7.08. The quantitative estimate of drug-likeness (QED) is 0.567. The average molecular weight is 375 g/mol. The van der Waals surface area contributed by atoms with Crippen molar-refractivity contribution in [2.45, 2.75) is 12.5 Å². The summed E-state index contributed by atoms with van der Waals surface area (Å²) >= 11 is 1.55. The van der Waals surface area contributed by atoms with Gasteiger partial charge in [-0.1, -0.05) is 6.07 Å². The third-order valence-corrected chi connectivity index (χ3v) is 4.40. The normalized spacial score (nSPS) is 11.8. The predicted molar refractivity (Wildman–Crippen MR) is 100 cm³/mol. The highest BCUT2D eigenvalue weighted by Gasteiger charge is 2.20. The Morgan fingerprint density at radius 3 is 2.54 bits per heavy atom. The minimum atomic E-state index is -0.554. The van der Waals surface area contributed by atoms with Crippen molar-refractivity contribution in [3.8, 4) is 11.5 Å². The van der Waals surface area contributed by atoms with Gasteiger partial charge in [0.1, 0.15) is 0 Å². The number of ether oxygens (including phenoxy) is 3. The molecular weight excluding hydrogens is 354 g/mol. The highest BCUT2D eigenvalue weighted by Crippen LogP contribution is 2.31. The molecule has 0 bridgehead atoms. The zero-order valence-corrected chi connectivity index (χ0v) is 15.7. The first kappa shape index (κ1) is 19.5. The van der Waals surface area contributed by atoms with E-state index < -0.39 is 12.0 Å². The van der Waals surface area contributed by atoms with Gasteiger partial charge in [0, 0.05) is 6.08 Å². The zero-order chi connectivity index (χ0) is 18.9. The van der Waals surface area contributed by atoms with E-state index in [4.69, 9.17) is 14.2 Å². The maximum atomic E-state index is 12.3. The molecule has 0 aliphatic rings. The van der Waals surface area contributed by atoms with E-state index in [2.05, 4.69) is 5.32 Å². The summed E-state index contributed by atoms with van der Waals surface area (Å²) in [5.74, 6) is 0.353. The summed E-state index contributed by atoms with van der Waals surface area (Å²) in [5, 5.41) is 6.70. The van der Waals surface area contributed by atoms with Crippen molar-refractivity contribution < 1.29 is 23.8 Å². The Kier molecular flexibility index (Phi) is 7.23. The Labute approximate surface area is 156 Å². The van der Waals surface area contributed by atoms with Crippen molar-refractivity contribution in [3.63, 3.8) is 0 Å². The molecule has 1 aromatic heterocycles. The van der Waals surface area contributed by atoms with Crippen molar-refractivity contribution >= 4 is 29.3 Å². The van der Waals surface area contributed by atoms with Crippen LogP contribution in [0.5, 0.6) is 11.5 Å². The topological polar surface area (TPSA) is 73.9 Å². The number of hydrogen-bond acceptors (Lipinski definition) is 6. The molecule has 1 amide bonds. The predicted octanol–water partition coefficient (Wildman–Crippen LogP) is 3.20. The molecule has 0 unspecified atom stereocenters. The second kappa shape index (κ2) is 9.62. The number of hydrogen-bond donors (Lipinski definition) is 1. The van der Waals surface area contributed by atoms with Gasteiger partial charge in [0.25, 0.3) is 0 Å². The Morgan fingerprint density at radius 2 is 1.92 bits per heavy atom. The fourth-order valence-electron chi connectivity index (χ4n) is 2.33. The van der Waals surface area contributed by atoms with E-state index in [1.807, 2.05) is 16.8 Å². The SMILES string of the molecule is COC(=O)C[C@H](NC(=O)/C=C/c1ccsc1)c1ccc(OC)c(OC)c1. The summed E-state index contributed by atoms with van der Waals surface area (Å²) in [4.78, 5) is 24.0.